The summed E-state index contributed by atoms with van der Waals surface area (Å²) in [5.41, 5.74) is 1.06. The lowest BCUT2D eigenvalue weighted by molar-refractivity contribution is 0.0820. The highest BCUT2D eigenvalue weighted by atomic mass is 35.5. The van der Waals surface area contributed by atoms with Crippen LogP contribution in [-0.4, -0.2) is 35.3 Å². The molecule has 2 rings (SSSR count). The molecule has 0 radical (unpaired) electrons. The Morgan fingerprint density at radius 1 is 1.40 bits per heavy atom. The van der Waals surface area contributed by atoms with Gasteiger partial charge in [0.2, 0.25) is 0 Å². The molecule has 1 aromatic rings. The van der Waals surface area contributed by atoms with Gasteiger partial charge in [-0.3, -0.25) is 4.21 Å². The summed E-state index contributed by atoms with van der Waals surface area (Å²) >= 11 is 5.87. The minimum atomic E-state index is -0.928. The molecule has 1 N–H and O–H groups in total. The molecule has 5 heteroatoms. The predicted molar refractivity (Wildman–Crippen MR) is 84.6 cm³/mol. The first-order valence-corrected chi connectivity index (χ1v) is 8.89. The fourth-order valence-electron chi connectivity index (χ4n) is 2.39. The predicted octanol–water partition coefficient (Wildman–Crippen LogP) is 2.75. The molecule has 1 fully saturated rings. The van der Waals surface area contributed by atoms with Crippen molar-refractivity contribution >= 4 is 22.4 Å². The summed E-state index contributed by atoms with van der Waals surface area (Å²) in [6, 6.07) is 7.88. The zero-order valence-electron chi connectivity index (χ0n) is 11.8. The maximum atomic E-state index is 12.6. The quantitative estimate of drug-likeness (QED) is 0.877. The lowest BCUT2D eigenvalue weighted by atomic mass is 10.1. The fraction of sp³-hybridized carbons (Fsp3) is 0.600. The van der Waals surface area contributed by atoms with E-state index in [4.69, 9.17) is 16.3 Å². The Kier molecular flexibility index (Phi) is 6.49. The van der Waals surface area contributed by atoms with Crippen molar-refractivity contribution in [3.63, 3.8) is 0 Å². The van der Waals surface area contributed by atoms with Gasteiger partial charge in [-0.05, 0) is 37.1 Å². The van der Waals surface area contributed by atoms with E-state index in [1.54, 1.807) is 0 Å². The van der Waals surface area contributed by atoms with Gasteiger partial charge in [0.15, 0.2) is 0 Å². The number of hydrogen-bond acceptors (Lipinski definition) is 3. The molecule has 0 bridgehead atoms. The van der Waals surface area contributed by atoms with Crippen LogP contribution in [-0.2, 0) is 21.3 Å². The van der Waals surface area contributed by atoms with E-state index in [0.29, 0.717) is 23.4 Å². The topological polar surface area (TPSA) is 38.3 Å². The van der Waals surface area contributed by atoms with Crippen molar-refractivity contribution < 1.29 is 8.95 Å². The molecule has 0 saturated carbocycles. The maximum absolute atomic E-state index is 12.6. The van der Waals surface area contributed by atoms with E-state index in [-0.39, 0.29) is 5.25 Å². The van der Waals surface area contributed by atoms with Gasteiger partial charge in [-0.25, -0.2) is 0 Å². The highest BCUT2D eigenvalue weighted by Gasteiger charge is 2.30. The van der Waals surface area contributed by atoms with Crippen LogP contribution in [0.25, 0.3) is 0 Å². The van der Waals surface area contributed by atoms with Crippen LogP contribution in [0.15, 0.2) is 24.3 Å². The zero-order valence-corrected chi connectivity index (χ0v) is 13.4. The second kappa shape index (κ2) is 8.13. The highest BCUT2D eigenvalue weighted by Crippen LogP contribution is 2.18. The van der Waals surface area contributed by atoms with Crippen LogP contribution in [0, 0.1) is 0 Å². The van der Waals surface area contributed by atoms with E-state index in [1.807, 2.05) is 24.3 Å². The van der Waals surface area contributed by atoms with Gasteiger partial charge in [-0.2, -0.15) is 0 Å². The molecule has 1 heterocycles. The smallest absolute Gasteiger partial charge is 0.0738 e. The summed E-state index contributed by atoms with van der Waals surface area (Å²) in [7, 11) is -0.928. The van der Waals surface area contributed by atoms with Gasteiger partial charge in [-0.15, -0.1) is 0 Å². The molecule has 0 spiro atoms. The van der Waals surface area contributed by atoms with Gasteiger partial charge in [0, 0.05) is 34.2 Å². The monoisotopic (exact) mass is 315 g/mol. The lowest BCUT2D eigenvalue weighted by Crippen LogP contribution is -2.49. The molecule has 1 aliphatic heterocycles. The van der Waals surface area contributed by atoms with E-state index in [0.717, 1.165) is 31.6 Å². The molecule has 3 nitrogen and oxygen atoms in total. The van der Waals surface area contributed by atoms with E-state index < -0.39 is 10.8 Å². The van der Waals surface area contributed by atoms with Crippen LogP contribution in [0.4, 0.5) is 0 Å². The first kappa shape index (κ1) is 16.0. The number of ether oxygens (including phenoxy) is 1. The van der Waals surface area contributed by atoms with E-state index in [9.17, 15) is 4.21 Å². The average molecular weight is 316 g/mol. The highest BCUT2D eigenvalue weighted by molar-refractivity contribution is 7.84. The molecule has 0 amide bonds. The largest absolute Gasteiger partial charge is 0.380 e. The fourth-order valence-corrected chi connectivity index (χ4v) is 4.09. The van der Waals surface area contributed by atoms with Gasteiger partial charge in [0.25, 0.3) is 0 Å². The van der Waals surface area contributed by atoms with Crippen LogP contribution in [0.1, 0.15) is 25.3 Å². The third-order valence-corrected chi connectivity index (χ3v) is 5.53. The molecule has 1 aromatic carbocycles. The summed E-state index contributed by atoms with van der Waals surface area (Å²) in [6.45, 7) is 4.46. The van der Waals surface area contributed by atoms with E-state index in [1.165, 1.54) is 0 Å². The third-order valence-electron chi connectivity index (χ3n) is 3.52. The number of nitrogens with one attached hydrogen (secondary N) is 1. The zero-order chi connectivity index (χ0) is 14.4. The Labute approximate surface area is 128 Å². The second-order valence-electron chi connectivity index (χ2n) is 5.11. The van der Waals surface area contributed by atoms with Crippen molar-refractivity contribution in [3.05, 3.63) is 34.9 Å². The minimum Gasteiger partial charge on any atom is -0.380 e. The Hall–Kier alpha value is -0.420. The minimum absolute atomic E-state index is 0.0750. The summed E-state index contributed by atoms with van der Waals surface area (Å²) in [5, 5.41) is 4.29. The molecule has 112 valence electrons. The van der Waals surface area contributed by atoms with Gasteiger partial charge in [0.05, 0.1) is 11.9 Å². The van der Waals surface area contributed by atoms with Crippen LogP contribution >= 0.6 is 11.6 Å². The second-order valence-corrected chi connectivity index (χ2v) is 7.21. The van der Waals surface area contributed by atoms with Crippen molar-refractivity contribution in [1.29, 1.82) is 0 Å². The number of rotatable bonds is 6. The molecule has 3 unspecified atom stereocenters. The first-order chi connectivity index (χ1) is 9.70. The van der Waals surface area contributed by atoms with Gasteiger partial charge >= 0.3 is 0 Å². The third kappa shape index (κ3) is 4.55. The van der Waals surface area contributed by atoms with Crippen LogP contribution in [0.2, 0.25) is 5.02 Å². The Morgan fingerprint density at radius 3 is 2.85 bits per heavy atom. The van der Waals surface area contributed by atoms with Gasteiger partial charge in [0.1, 0.15) is 0 Å². The SMILES string of the molecule is CCCNC1CCOCC1S(=O)Cc1ccc(Cl)cc1. The molecule has 0 aliphatic carbocycles. The lowest BCUT2D eigenvalue weighted by Gasteiger charge is -2.31. The van der Waals surface area contributed by atoms with Crippen molar-refractivity contribution in [2.24, 2.45) is 0 Å². The standard InChI is InChI=1S/C15H22ClNO2S/c1-2-8-17-14-7-9-19-10-15(14)20(18)11-12-3-5-13(16)6-4-12/h3-6,14-15,17H,2,7-11H2,1H3. The average Bonchev–Trinajstić information content (AvgIpc) is 2.47. The Morgan fingerprint density at radius 2 is 2.15 bits per heavy atom. The Balaban J connectivity index is 1.96. The maximum Gasteiger partial charge on any atom is 0.0738 e. The number of halogens is 1. The van der Waals surface area contributed by atoms with E-state index >= 15 is 0 Å². The van der Waals surface area contributed by atoms with Crippen molar-refractivity contribution in [1.82, 2.24) is 5.32 Å². The van der Waals surface area contributed by atoms with Crippen molar-refractivity contribution in [2.75, 3.05) is 19.8 Å². The summed E-state index contributed by atoms with van der Waals surface area (Å²) in [4.78, 5) is 0. The molecule has 1 aliphatic rings. The summed E-state index contributed by atoms with van der Waals surface area (Å²) in [5.74, 6) is 0.565. The summed E-state index contributed by atoms with van der Waals surface area (Å²) < 4.78 is 18.1. The Bertz CT molecular complexity index is 438. The van der Waals surface area contributed by atoms with Crippen LogP contribution < -0.4 is 5.32 Å². The molecule has 1 saturated heterocycles. The van der Waals surface area contributed by atoms with Crippen molar-refractivity contribution in [3.8, 4) is 0 Å². The van der Waals surface area contributed by atoms with Gasteiger partial charge < -0.3 is 10.1 Å². The van der Waals surface area contributed by atoms with E-state index in [2.05, 4.69) is 12.2 Å². The molecule has 0 aromatic heterocycles. The van der Waals surface area contributed by atoms with Gasteiger partial charge in [-0.1, -0.05) is 30.7 Å². The molecule has 20 heavy (non-hydrogen) atoms. The van der Waals surface area contributed by atoms with Crippen LogP contribution in [0.3, 0.4) is 0 Å². The van der Waals surface area contributed by atoms with Crippen LogP contribution in [0.5, 0.6) is 0 Å². The first-order valence-electron chi connectivity index (χ1n) is 7.13. The number of benzene rings is 1. The summed E-state index contributed by atoms with van der Waals surface area (Å²) in [6.07, 6.45) is 2.03. The van der Waals surface area contributed by atoms with Crippen molar-refractivity contribution in [2.45, 2.75) is 36.8 Å². The molecular weight excluding hydrogens is 294 g/mol. The molecular formula is C15H22ClNO2S. The molecule has 3 atom stereocenters. The normalized spacial score (nSPS) is 24.5. The number of hydrogen-bond donors (Lipinski definition) is 1.